The van der Waals surface area contributed by atoms with Crippen LogP contribution in [-0.4, -0.2) is 42.0 Å². The Morgan fingerprint density at radius 1 is 1.06 bits per heavy atom. The highest BCUT2D eigenvalue weighted by Crippen LogP contribution is 2.40. The number of carbonyl (C=O) groups is 2. The van der Waals surface area contributed by atoms with Gasteiger partial charge in [-0.2, -0.15) is 0 Å². The summed E-state index contributed by atoms with van der Waals surface area (Å²) in [5, 5.41) is 11.3. The van der Waals surface area contributed by atoms with Crippen molar-refractivity contribution in [1.82, 2.24) is 4.90 Å². The van der Waals surface area contributed by atoms with E-state index >= 15 is 0 Å². The quantitative estimate of drug-likeness (QED) is 0.405. The summed E-state index contributed by atoms with van der Waals surface area (Å²) in [6, 6.07) is 13.2. The van der Waals surface area contributed by atoms with E-state index < -0.39 is 17.7 Å². The van der Waals surface area contributed by atoms with Gasteiger partial charge in [-0.15, -0.1) is 0 Å². The summed E-state index contributed by atoms with van der Waals surface area (Å²) >= 11 is 0. The average Bonchev–Trinajstić information content (AvgIpc) is 3.06. The maximum absolute atomic E-state index is 13.1. The molecule has 0 spiro atoms. The standard InChI is InChI=1S/C27H31NO4/c1-17(2)18-8-11-20(12-9-18)24-23(26(30)27(31)28(24)14-15-32-3)25(29)22-13-10-19-6-4-5-7-21(19)16-22/h8-13,16-17,24,29H,4-7,14-15H2,1-3H3/b25-23-. The van der Waals surface area contributed by atoms with Crippen LogP contribution in [0.25, 0.3) is 5.76 Å². The van der Waals surface area contributed by atoms with E-state index in [9.17, 15) is 14.7 Å². The first kappa shape index (κ1) is 22.3. The molecule has 32 heavy (non-hydrogen) atoms. The third kappa shape index (κ3) is 4.09. The molecule has 1 saturated heterocycles. The number of aliphatic hydroxyl groups excluding tert-OH is 1. The summed E-state index contributed by atoms with van der Waals surface area (Å²) in [6.45, 7) is 4.83. The van der Waals surface area contributed by atoms with E-state index in [1.165, 1.54) is 28.0 Å². The van der Waals surface area contributed by atoms with Gasteiger partial charge in [-0.25, -0.2) is 0 Å². The minimum Gasteiger partial charge on any atom is -0.507 e. The lowest BCUT2D eigenvalue weighted by atomic mass is 9.88. The first-order valence-corrected chi connectivity index (χ1v) is 11.4. The van der Waals surface area contributed by atoms with Gasteiger partial charge in [-0.1, -0.05) is 50.2 Å². The summed E-state index contributed by atoms with van der Waals surface area (Å²) in [6.07, 6.45) is 4.31. The molecule has 0 saturated carbocycles. The number of nitrogens with zero attached hydrogens (tertiary/aromatic N) is 1. The molecule has 2 aromatic rings. The summed E-state index contributed by atoms with van der Waals surface area (Å²) in [5.41, 5.74) is 5.25. The van der Waals surface area contributed by atoms with Gasteiger partial charge in [0.1, 0.15) is 5.76 Å². The van der Waals surface area contributed by atoms with Gasteiger partial charge in [-0.3, -0.25) is 9.59 Å². The molecule has 1 aliphatic carbocycles. The highest BCUT2D eigenvalue weighted by Gasteiger charge is 2.45. The van der Waals surface area contributed by atoms with Gasteiger partial charge >= 0.3 is 0 Å². The number of benzene rings is 2. The number of carbonyl (C=O) groups excluding carboxylic acids is 2. The number of aryl methyl sites for hydroxylation is 2. The number of ether oxygens (including phenoxy) is 1. The lowest BCUT2D eigenvalue weighted by molar-refractivity contribution is -0.140. The Bertz CT molecular complexity index is 1050. The summed E-state index contributed by atoms with van der Waals surface area (Å²) in [5.74, 6) is -0.970. The lowest BCUT2D eigenvalue weighted by Crippen LogP contribution is -2.32. The van der Waals surface area contributed by atoms with Gasteiger partial charge in [-0.05, 0) is 59.9 Å². The number of aliphatic hydroxyl groups is 1. The van der Waals surface area contributed by atoms with Gasteiger partial charge < -0.3 is 14.7 Å². The van der Waals surface area contributed by atoms with Crippen LogP contribution < -0.4 is 0 Å². The Kier molecular flexibility index (Phi) is 6.47. The lowest BCUT2D eigenvalue weighted by Gasteiger charge is -2.25. The van der Waals surface area contributed by atoms with Crippen molar-refractivity contribution in [2.75, 3.05) is 20.3 Å². The van der Waals surface area contributed by atoms with Crippen LogP contribution >= 0.6 is 0 Å². The number of amides is 1. The maximum Gasteiger partial charge on any atom is 0.295 e. The number of hydrogen-bond acceptors (Lipinski definition) is 4. The molecule has 1 N–H and O–H groups in total. The molecule has 5 nitrogen and oxygen atoms in total. The van der Waals surface area contributed by atoms with Gasteiger partial charge in [0, 0.05) is 19.2 Å². The van der Waals surface area contributed by atoms with Crippen LogP contribution in [0.1, 0.15) is 66.5 Å². The molecule has 1 aliphatic heterocycles. The Morgan fingerprint density at radius 2 is 1.75 bits per heavy atom. The van der Waals surface area contributed by atoms with E-state index in [2.05, 4.69) is 13.8 Å². The average molecular weight is 434 g/mol. The number of ketones is 1. The van der Waals surface area contributed by atoms with Gasteiger partial charge in [0.15, 0.2) is 0 Å². The number of fused-ring (bicyclic) bond motifs is 1. The van der Waals surface area contributed by atoms with Crippen LogP contribution in [0.4, 0.5) is 0 Å². The Balaban J connectivity index is 1.81. The first-order valence-electron chi connectivity index (χ1n) is 11.4. The SMILES string of the molecule is COCCN1C(=O)C(=O)/C(=C(\O)c2ccc3c(c2)CCCC3)C1c1ccc(C(C)C)cc1. The number of rotatable bonds is 6. The Labute approximate surface area is 189 Å². The predicted octanol–water partition coefficient (Wildman–Crippen LogP) is 4.76. The molecule has 4 rings (SSSR count). The molecular formula is C27H31NO4. The van der Waals surface area contributed by atoms with Crippen LogP contribution in [-0.2, 0) is 27.2 Å². The highest BCUT2D eigenvalue weighted by atomic mass is 16.5. The minimum atomic E-state index is -0.644. The van der Waals surface area contributed by atoms with E-state index in [1.807, 2.05) is 42.5 Å². The van der Waals surface area contributed by atoms with E-state index in [4.69, 9.17) is 4.74 Å². The molecule has 1 unspecified atom stereocenters. The van der Waals surface area contributed by atoms with Crippen molar-refractivity contribution in [3.8, 4) is 0 Å². The molecule has 2 aromatic carbocycles. The molecule has 1 fully saturated rings. The molecule has 0 radical (unpaired) electrons. The third-order valence-corrected chi connectivity index (χ3v) is 6.62. The van der Waals surface area contributed by atoms with Crippen LogP contribution in [0.5, 0.6) is 0 Å². The van der Waals surface area contributed by atoms with Crippen molar-refractivity contribution < 1.29 is 19.4 Å². The molecular weight excluding hydrogens is 402 g/mol. The highest BCUT2D eigenvalue weighted by molar-refractivity contribution is 6.46. The molecule has 1 atom stereocenters. The number of likely N-dealkylation sites (tertiary alicyclic amines) is 1. The van der Waals surface area contributed by atoms with Crippen LogP contribution in [0.15, 0.2) is 48.0 Å². The number of hydrogen-bond donors (Lipinski definition) is 1. The van der Waals surface area contributed by atoms with Crippen molar-refractivity contribution in [2.24, 2.45) is 0 Å². The fourth-order valence-electron chi connectivity index (χ4n) is 4.75. The van der Waals surface area contributed by atoms with Crippen LogP contribution in [0.2, 0.25) is 0 Å². The number of Topliss-reactive ketones (excluding diaryl/α,β-unsaturated/α-hetero) is 1. The molecule has 5 heteroatoms. The normalized spacial score (nSPS) is 20.1. The van der Waals surface area contributed by atoms with Crippen LogP contribution in [0.3, 0.4) is 0 Å². The molecule has 0 aromatic heterocycles. The van der Waals surface area contributed by atoms with Gasteiger partial charge in [0.25, 0.3) is 11.7 Å². The zero-order valence-electron chi connectivity index (χ0n) is 19.1. The van der Waals surface area contributed by atoms with E-state index in [1.54, 1.807) is 7.11 Å². The van der Waals surface area contributed by atoms with Crippen molar-refractivity contribution in [2.45, 2.75) is 51.5 Å². The summed E-state index contributed by atoms with van der Waals surface area (Å²) < 4.78 is 5.18. The summed E-state index contributed by atoms with van der Waals surface area (Å²) in [7, 11) is 1.57. The molecule has 168 valence electrons. The fraction of sp³-hybridized carbons (Fsp3) is 0.407. The second-order valence-corrected chi connectivity index (χ2v) is 9.00. The zero-order valence-corrected chi connectivity index (χ0v) is 19.1. The predicted molar refractivity (Wildman–Crippen MR) is 125 cm³/mol. The summed E-state index contributed by atoms with van der Waals surface area (Å²) in [4.78, 5) is 27.5. The van der Waals surface area contributed by atoms with E-state index in [-0.39, 0.29) is 17.9 Å². The first-order chi connectivity index (χ1) is 15.4. The molecule has 1 amide bonds. The maximum atomic E-state index is 13.1. The van der Waals surface area contributed by atoms with Crippen molar-refractivity contribution >= 4 is 17.4 Å². The second kappa shape index (κ2) is 9.29. The topological polar surface area (TPSA) is 66.8 Å². The van der Waals surface area contributed by atoms with Crippen LogP contribution in [0, 0.1) is 0 Å². The fourth-order valence-corrected chi connectivity index (χ4v) is 4.75. The minimum absolute atomic E-state index is 0.102. The number of methoxy groups -OCH3 is 1. The van der Waals surface area contributed by atoms with Crippen molar-refractivity contribution in [1.29, 1.82) is 0 Å². The zero-order chi connectivity index (χ0) is 22.8. The Hall–Kier alpha value is -2.92. The monoisotopic (exact) mass is 433 g/mol. The van der Waals surface area contributed by atoms with Crippen molar-refractivity contribution in [3.63, 3.8) is 0 Å². The van der Waals surface area contributed by atoms with Gasteiger partial charge in [0.05, 0.1) is 18.2 Å². The van der Waals surface area contributed by atoms with E-state index in [0.29, 0.717) is 18.1 Å². The molecule has 1 heterocycles. The third-order valence-electron chi connectivity index (χ3n) is 6.62. The molecule has 2 aliphatic rings. The molecule has 0 bridgehead atoms. The Morgan fingerprint density at radius 3 is 2.41 bits per heavy atom. The smallest absolute Gasteiger partial charge is 0.295 e. The largest absolute Gasteiger partial charge is 0.507 e. The van der Waals surface area contributed by atoms with E-state index in [0.717, 1.165) is 24.8 Å². The van der Waals surface area contributed by atoms with Crippen molar-refractivity contribution in [3.05, 3.63) is 75.9 Å². The second-order valence-electron chi connectivity index (χ2n) is 9.00. The van der Waals surface area contributed by atoms with Gasteiger partial charge in [0.2, 0.25) is 0 Å².